The number of aromatic nitrogens is 2. The van der Waals surface area contributed by atoms with Crippen LogP contribution in [0.3, 0.4) is 0 Å². The van der Waals surface area contributed by atoms with Gasteiger partial charge in [0.1, 0.15) is 6.04 Å². The fourth-order valence-electron chi connectivity index (χ4n) is 1.40. The van der Waals surface area contributed by atoms with Crippen molar-refractivity contribution in [1.29, 1.82) is 0 Å². The first-order valence-electron chi connectivity index (χ1n) is 5.11. The van der Waals surface area contributed by atoms with Crippen molar-refractivity contribution in [3.8, 4) is 0 Å². The third-order valence-corrected chi connectivity index (χ3v) is 2.39. The maximum atomic E-state index is 11.9. The molecule has 0 aliphatic rings. The smallest absolute Gasteiger partial charge is 0.247 e. The number of para-hydroxylation sites is 1. The fraction of sp³-hybridized carbons (Fsp3) is 0.167. The standard InChI is InChI=1S/C12H13N3O/c1-10(15-8-7-13-9-15)12(16)14-11-5-3-2-4-6-11/h2-10H,1H3,(H,14,16). The number of nitrogens with one attached hydrogen (secondary N) is 1. The molecular weight excluding hydrogens is 202 g/mol. The van der Waals surface area contributed by atoms with Crippen molar-refractivity contribution < 1.29 is 4.79 Å². The number of carbonyl (C=O) groups is 1. The molecule has 2 aromatic rings. The number of amides is 1. The van der Waals surface area contributed by atoms with Crippen molar-refractivity contribution in [3.63, 3.8) is 0 Å². The van der Waals surface area contributed by atoms with Crippen LogP contribution >= 0.6 is 0 Å². The molecule has 0 spiro atoms. The average molecular weight is 215 g/mol. The van der Waals surface area contributed by atoms with E-state index in [2.05, 4.69) is 10.3 Å². The summed E-state index contributed by atoms with van der Waals surface area (Å²) in [5.74, 6) is -0.0517. The second kappa shape index (κ2) is 4.61. The summed E-state index contributed by atoms with van der Waals surface area (Å²) in [6.45, 7) is 1.83. The Balaban J connectivity index is 2.04. The van der Waals surface area contributed by atoms with Crippen LogP contribution < -0.4 is 5.32 Å². The van der Waals surface area contributed by atoms with Crippen molar-refractivity contribution in [1.82, 2.24) is 9.55 Å². The predicted octanol–water partition coefficient (Wildman–Crippen LogP) is 2.08. The Labute approximate surface area is 93.9 Å². The minimum atomic E-state index is -0.261. The van der Waals surface area contributed by atoms with Gasteiger partial charge < -0.3 is 9.88 Å². The number of benzene rings is 1. The first kappa shape index (κ1) is 10.4. The third-order valence-electron chi connectivity index (χ3n) is 2.39. The number of hydrogen-bond acceptors (Lipinski definition) is 2. The lowest BCUT2D eigenvalue weighted by Crippen LogP contribution is -2.22. The van der Waals surface area contributed by atoms with Crippen LogP contribution in [0.1, 0.15) is 13.0 Å². The molecule has 1 aromatic heterocycles. The summed E-state index contributed by atoms with van der Waals surface area (Å²) in [6.07, 6.45) is 5.07. The van der Waals surface area contributed by atoms with Crippen LogP contribution in [-0.2, 0) is 4.79 Å². The second-order valence-corrected chi connectivity index (χ2v) is 3.54. The number of rotatable bonds is 3. The number of hydrogen-bond donors (Lipinski definition) is 1. The summed E-state index contributed by atoms with van der Waals surface area (Å²) < 4.78 is 1.76. The molecule has 0 aliphatic heterocycles. The van der Waals surface area contributed by atoms with Gasteiger partial charge in [0.05, 0.1) is 6.33 Å². The first-order valence-corrected chi connectivity index (χ1v) is 5.11. The fourth-order valence-corrected chi connectivity index (χ4v) is 1.40. The first-order chi connectivity index (χ1) is 7.77. The van der Waals surface area contributed by atoms with Gasteiger partial charge in [-0.1, -0.05) is 18.2 Å². The highest BCUT2D eigenvalue weighted by molar-refractivity contribution is 5.93. The van der Waals surface area contributed by atoms with E-state index in [1.54, 1.807) is 23.3 Å². The van der Waals surface area contributed by atoms with Gasteiger partial charge in [0.2, 0.25) is 5.91 Å². The molecule has 2 rings (SSSR count). The lowest BCUT2D eigenvalue weighted by molar-refractivity contribution is -0.118. The van der Waals surface area contributed by atoms with Gasteiger partial charge in [-0.15, -0.1) is 0 Å². The van der Waals surface area contributed by atoms with Crippen LogP contribution in [0.5, 0.6) is 0 Å². The second-order valence-electron chi connectivity index (χ2n) is 3.54. The molecule has 1 aromatic carbocycles. The summed E-state index contributed by atoms with van der Waals surface area (Å²) >= 11 is 0. The Kier molecular flexibility index (Phi) is 3.00. The van der Waals surface area contributed by atoms with E-state index in [0.717, 1.165) is 5.69 Å². The zero-order valence-corrected chi connectivity index (χ0v) is 9.00. The van der Waals surface area contributed by atoms with Crippen LogP contribution in [-0.4, -0.2) is 15.5 Å². The predicted molar refractivity (Wildman–Crippen MR) is 62.0 cm³/mol. The van der Waals surface area contributed by atoms with Gasteiger partial charge in [0.15, 0.2) is 0 Å². The van der Waals surface area contributed by atoms with Crippen LogP contribution in [0, 0.1) is 0 Å². The SMILES string of the molecule is CC(C(=O)Nc1ccccc1)n1ccnc1. The molecule has 0 saturated carbocycles. The summed E-state index contributed by atoms with van der Waals surface area (Å²) in [4.78, 5) is 15.8. The van der Waals surface area contributed by atoms with Gasteiger partial charge in [-0.3, -0.25) is 4.79 Å². The lowest BCUT2D eigenvalue weighted by Gasteiger charge is -2.13. The summed E-state index contributed by atoms with van der Waals surface area (Å²) in [5, 5.41) is 2.84. The Morgan fingerprint density at radius 3 is 2.75 bits per heavy atom. The number of nitrogens with zero attached hydrogens (tertiary/aromatic N) is 2. The maximum Gasteiger partial charge on any atom is 0.247 e. The zero-order chi connectivity index (χ0) is 11.4. The molecule has 4 nitrogen and oxygen atoms in total. The molecule has 16 heavy (non-hydrogen) atoms. The van der Waals surface area contributed by atoms with Crippen molar-refractivity contribution in [2.75, 3.05) is 5.32 Å². The summed E-state index contributed by atoms with van der Waals surface area (Å²) in [7, 11) is 0. The Morgan fingerprint density at radius 1 is 1.38 bits per heavy atom. The molecular formula is C12H13N3O. The molecule has 82 valence electrons. The van der Waals surface area contributed by atoms with Crippen molar-refractivity contribution in [2.24, 2.45) is 0 Å². The molecule has 1 heterocycles. The molecule has 1 atom stereocenters. The number of anilines is 1. The monoisotopic (exact) mass is 215 g/mol. The molecule has 0 aliphatic carbocycles. The normalized spacial score (nSPS) is 12.1. The van der Waals surface area contributed by atoms with Crippen molar-refractivity contribution >= 4 is 11.6 Å². The Hall–Kier alpha value is -2.10. The van der Waals surface area contributed by atoms with E-state index in [1.165, 1.54) is 0 Å². The number of carbonyl (C=O) groups excluding carboxylic acids is 1. The van der Waals surface area contributed by atoms with Crippen LogP contribution in [0.4, 0.5) is 5.69 Å². The molecule has 1 amide bonds. The van der Waals surface area contributed by atoms with E-state index < -0.39 is 0 Å². The van der Waals surface area contributed by atoms with Crippen LogP contribution in [0.25, 0.3) is 0 Å². The Bertz CT molecular complexity index is 450. The molecule has 1 unspecified atom stereocenters. The van der Waals surface area contributed by atoms with E-state index in [1.807, 2.05) is 37.3 Å². The van der Waals surface area contributed by atoms with Gasteiger partial charge in [-0.05, 0) is 19.1 Å². The van der Waals surface area contributed by atoms with E-state index in [0.29, 0.717) is 0 Å². The van der Waals surface area contributed by atoms with Gasteiger partial charge in [-0.25, -0.2) is 4.98 Å². The molecule has 0 fully saturated rings. The van der Waals surface area contributed by atoms with E-state index in [9.17, 15) is 4.79 Å². The van der Waals surface area contributed by atoms with E-state index in [4.69, 9.17) is 0 Å². The van der Waals surface area contributed by atoms with Crippen LogP contribution in [0.15, 0.2) is 49.1 Å². The quantitative estimate of drug-likeness (QED) is 0.852. The lowest BCUT2D eigenvalue weighted by atomic mass is 10.2. The van der Waals surface area contributed by atoms with E-state index in [-0.39, 0.29) is 11.9 Å². The number of imidazole rings is 1. The largest absolute Gasteiger partial charge is 0.325 e. The third kappa shape index (κ3) is 2.28. The van der Waals surface area contributed by atoms with Gasteiger partial charge >= 0.3 is 0 Å². The molecule has 0 radical (unpaired) electrons. The average Bonchev–Trinajstić information content (AvgIpc) is 2.83. The van der Waals surface area contributed by atoms with Crippen molar-refractivity contribution in [2.45, 2.75) is 13.0 Å². The van der Waals surface area contributed by atoms with Crippen molar-refractivity contribution in [3.05, 3.63) is 49.1 Å². The minimum absolute atomic E-state index is 0.0517. The molecule has 4 heteroatoms. The van der Waals surface area contributed by atoms with E-state index >= 15 is 0 Å². The van der Waals surface area contributed by atoms with Gasteiger partial charge in [0, 0.05) is 18.1 Å². The molecule has 0 saturated heterocycles. The highest BCUT2D eigenvalue weighted by atomic mass is 16.2. The van der Waals surface area contributed by atoms with Gasteiger partial charge in [0.25, 0.3) is 0 Å². The summed E-state index contributed by atoms with van der Waals surface area (Å²) in [6, 6.07) is 9.14. The van der Waals surface area contributed by atoms with Crippen LogP contribution in [0.2, 0.25) is 0 Å². The minimum Gasteiger partial charge on any atom is -0.325 e. The zero-order valence-electron chi connectivity index (χ0n) is 9.00. The van der Waals surface area contributed by atoms with Gasteiger partial charge in [-0.2, -0.15) is 0 Å². The highest BCUT2D eigenvalue weighted by Crippen LogP contribution is 2.10. The topological polar surface area (TPSA) is 46.9 Å². The molecule has 0 bridgehead atoms. The Morgan fingerprint density at radius 2 is 2.12 bits per heavy atom. The summed E-state index contributed by atoms with van der Waals surface area (Å²) in [5.41, 5.74) is 0.805. The highest BCUT2D eigenvalue weighted by Gasteiger charge is 2.13. The maximum absolute atomic E-state index is 11.9. The molecule has 1 N–H and O–H groups in total.